The lowest BCUT2D eigenvalue weighted by atomic mass is 10.2. The minimum atomic E-state index is -0.370. The van der Waals surface area contributed by atoms with Crippen molar-refractivity contribution >= 4 is 23.3 Å². The molecule has 0 atom stereocenters. The number of carbonyl (C=O) groups excluding carboxylic acids is 2. The van der Waals surface area contributed by atoms with Crippen LogP contribution >= 0.6 is 0 Å². The van der Waals surface area contributed by atoms with Gasteiger partial charge in [0, 0.05) is 19.2 Å². The van der Waals surface area contributed by atoms with Crippen LogP contribution in [-0.2, 0) is 11.3 Å². The molecule has 9 heteroatoms. The molecule has 0 saturated heterocycles. The van der Waals surface area contributed by atoms with Gasteiger partial charge in [-0.05, 0) is 35.9 Å². The van der Waals surface area contributed by atoms with Crippen LogP contribution in [0.3, 0.4) is 0 Å². The van der Waals surface area contributed by atoms with Gasteiger partial charge in [-0.2, -0.15) is 5.10 Å². The highest BCUT2D eigenvalue weighted by atomic mass is 16.5. The number of carbonyl (C=O) groups is 2. The molecule has 0 unspecified atom stereocenters. The normalized spacial score (nSPS) is 10.2. The number of anilines is 2. The Morgan fingerprint density at radius 2 is 2.00 bits per heavy atom. The van der Waals surface area contributed by atoms with Crippen LogP contribution in [0.25, 0.3) is 5.69 Å². The molecule has 0 radical (unpaired) electrons. The van der Waals surface area contributed by atoms with E-state index in [0.29, 0.717) is 23.7 Å². The number of urea groups is 1. The van der Waals surface area contributed by atoms with Gasteiger partial charge in [0.1, 0.15) is 18.4 Å². The SMILES string of the molecule is COc1ccc(NC(=O)NCc2cccc(-n3cncn3)c2)cc1NC(C)=O. The third-order valence-corrected chi connectivity index (χ3v) is 3.81. The molecule has 2 aromatic carbocycles. The van der Waals surface area contributed by atoms with Crippen molar-refractivity contribution in [2.75, 3.05) is 17.7 Å². The minimum Gasteiger partial charge on any atom is -0.495 e. The molecule has 144 valence electrons. The summed E-state index contributed by atoms with van der Waals surface area (Å²) < 4.78 is 6.84. The lowest BCUT2D eigenvalue weighted by molar-refractivity contribution is -0.114. The standard InChI is InChI=1S/C19H20N6O3/c1-13(26)23-17-9-15(6-7-18(17)28-2)24-19(27)21-10-14-4-3-5-16(8-14)25-12-20-11-22-25/h3-9,11-12H,10H2,1-2H3,(H,23,26)(H2,21,24,27). The van der Waals surface area contributed by atoms with Crippen LogP contribution in [0.2, 0.25) is 0 Å². The summed E-state index contributed by atoms with van der Waals surface area (Å²) in [6.07, 6.45) is 3.07. The first-order valence-electron chi connectivity index (χ1n) is 8.49. The third kappa shape index (κ3) is 4.85. The van der Waals surface area contributed by atoms with E-state index in [1.807, 2.05) is 24.3 Å². The molecule has 0 spiro atoms. The van der Waals surface area contributed by atoms with E-state index in [0.717, 1.165) is 11.3 Å². The molecular formula is C19H20N6O3. The van der Waals surface area contributed by atoms with E-state index in [4.69, 9.17) is 4.74 Å². The number of rotatable bonds is 6. The van der Waals surface area contributed by atoms with Crippen LogP contribution in [0.15, 0.2) is 55.1 Å². The maximum Gasteiger partial charge on any atom is 0.319 e. The third-order valence-electron chi connectivity index (χ3n) is 3.81. The molecule has 28 heavy (non-hydrogen) atoms. The highest BCUT2D eigenvalue weighted by Crippen LogP contribution is 2.27. The first-order valence-corrected chi connectivity index (χ1v) is 8.49. The van der Waals surface area contributed by atoms with Crippen molar-refractivity contribution < 1.29 is 14.3 Å². The Morgan fingerprint density at radius 1 is 1.14 bits per heavy atom. The summed E-state index contributed by atoms with van der Waals surface area (Å²) in [7, 11) is 1.51. The monoisotopic (exact) mass is 380 g/mol. The first kappa shape index (κ1) is 18.9. The quantitative estimate of drug-likeness (QED) is 0.609. The molecule has 3 aromatic rings. The largest absolute Gasteiger partial charge is 0.495 e. The van der Waals surface area contributed by atoms with Gasteiger partial charge in [0.25, 0.3) is 0 Å². The summed E-state index contributed by atoms with van der Waals surface area (Å²) in [5.41, 5.74) is 2.77. The average molecular weight is 380 g/mol. The van der Waals surface area contributed by atoms with Crippen LogP contribution < -0.4 is 20.7 Å². The molecule has 0 saturated carbocycles. The van der Waals surface area contributed by atoms with Gasteiger partial charge in [-0.25, -0.2) is 14.5 Å². The van der Waals surface area contributed by atoms with Gasteiger partial charge >= 0.3 is 6.03 Å². The number of nitrogens with zero attached hydrogens (tertiary/aromatic N) is 3. The van der Waals surface area contributed by atoms with Crippen molar-refractivity contribution in [3.05, 3.63) is 60.7 Å². The Kier molecular flexibility index (Phi) is 5.85. The molecule has 3 amide bonds. The summed E-state index contributed by atoms with van der Waals surface area (Å²) >= 11 is 0. The Morgan fingerprint density at radius 3 is 2.71 bits per heavy atom. The second kappa shape index (κ2) is 8.67. The molecule has 0 bridgehead atoms. The Balaban J connectivity index is 1.62. The van der Waals surface area contributed by atoms with Crippen molar-refractivity contribution in [2.24, 2.45) is 0 Å². The lowest BCUT2D eigenvalue weighted by Crippen LogP contribution is -2.28. The predicted molar refractivity (Wildman–Crippen MR) is 105 cm³/mol. The molecule has 3 N–H and O–H groups in total. The maximum absolute atomic E-state index is 12.2. The zero-order valence-electron chi connectivity index (χ0n) is 15.5. The summed E-state index contributed by atoms with van der Waals surface area (Å²) in [6, 6.07) is 12.2. The number of aromatic nitrogens is 3. The molecule has 1 heterocycles. The van der Waals surface area contributed by atoms with Crippen LogP contribution in [-0.4, -0.2) is 33.8 Å². The Labute approximate surface area is 161 Å². The second-order valence-corrected chi connectivity index (χ2v) is 5.91. The molecule has 3 rings (SSSR count). The fourth-order valence-electron chi connectivity index (χ4n) is 2.58. The van der Waals surface area contributed by atoms with Gasteiger partial charge in [0.15, 0.2) is 0 Å². The van der Waals surface area contributed by atoms with Gasteiger partial charge in [-0.1, -0.05) is 12.1 Å². The number of hydrogen-bond donors (Lipinski definition) is 3. The van der Waals surface area contributed by atoms with E-state index < -0.39 is 0 Å². The van der Waals surface area contributed by atoms with E-state index >= 15 is 0 Å². The summed E-state index contributed by atoms with van der Waals surface area (Å²) in [5, 5.41) is 12.3. The molecular weight excluding hydrogens is 360 g/mol. The number of amides is 3. The summed E-state index contributed by atoms with van der Waals surface area (Å²) in [6.45, 7) is 1.74. The molecule has 9 nitrogen and oxygen atoms in total. The van der Waals surface area contributed by atoms with Crippen molar-refractivity contribution in [1.82, 2.24) is 20.1 Å². The number of ether oxygens (including phenoxy) is 1. The second-order valence-electron chi connectivity index (χ2n) is 5.91. The molecule has 0 aliphatic rings. The first-order chi connectivity index (χ1) is 13.5. The Hall–Kier alpha value is -3.88. The smallest absolute Gasteiger partial charge is 0.319 e. The van der Waals surface area contributed by atoms with Crippen LogP contribution in [0.1, 0.15) is 12.5 Å². The predicted octanol–water partition coefficient (Wildman–Crippen LogP) is 2.56. The number of benzene rings is 2. The van der Waals surface area contributed by atoms with Crippen LogP contribution in [0.4, 0.5) is 16.2 Å². The van der Waals surface area contributed by atoms with Crippen molar-refractivity contribution in [1.29, 1.82) is 0 Å². The van der Waals surface area contributed by atoms with E-state index in [1.165, 1.54) is 20.4 Å². The number of hydrogen-bond acceptors (Lipinski definition) is 5. The topological polar surface area (TPSA) is 110 Å². The maximum atomic E-state index is 12.2. The highest BCUT2D eigenvalue weighted by molar-refractivity contribution is 5.94. The number of nitrogens with one attached hydrogen (secondary N) is 3. The summed E-state index contributed by atoms with van der Waals surface area (Å²) in [4.78, 5) is 27.5. The van der Waals surface area contributed by atoms with Gasteiger partial charge in [0.2, 0.25) is 5.91 Å². The van der Waals surface area contributed by atoms with E-state index in [9.17, 15) is 9.59 Å². The van der Waals surface area contributed by atoms with Crippen LogP contribution in [0, 0.1) is 0 Å². The molecule has 0 aliphatic heterocycles. The molecule has 0 fully saturated rings. The Bertz CT molecular complexity index is 972. The van der Waals surface area contributed by atoms with Gasteiger partial charge in [0.05, 0.1) is 18.5 Å². The fourth-order valence-corrected chi connectivity index (χ4v) is 2.58. The zero-order valence-corrected chi connectivity index (χ0v) is 15.5. The van der Waals surface area contributed by atoms with E-state index in [-0.39, 0.29) is 11.9 Å². The van der Waals surface area contributed by atoms with Crippen molar-refractivity contribution in [2.45, 2.75) is 13.5 Å². The summed E-state index contributed by atoms with van der Waals surface area (Å²) in [5.74, 6) is 0.276. The zero-order chi connectivity index (χ0) is 19.9. The van der Waals surface area contributed by atoms with E-state index in [1.54, 1.807) is 29.2 Å². The van der Waals surface area contributed by atoms with Crippen molar-refractivity contribution in [3.8, 4) is 11.4 Å². The van der Waals surface area contributed by atoms with E-state index in [2.05, 4.69) is 26.0 Å². The van der Waals surface area contributed by atoms with Crippen molar-refractivity contribution in [3.63, 3.8) is 0 Å². The van der Waals surface area contributed by atoms with Crippen LogP contribution in [0.5, 0.6) is 5.75 Å². The van der Waals surface area contributed by atoms with Gasteiger partial charge in [-0.15, -0.1) is 0 Å². The number of methoxy groups -OCH3 is 1. The van der Waals surface area contributed by atoms with Gasteiger partial charge in [-0.3, -0.25) is 4.79 Å². The lowest BCUT2D eigenvalue weighted by Gasteiger charge is -2.12. The van der Waals surface area contributed by atoms with Gasteiger partial charge < -0.3 is 20.7 Å². The fraction of sp³-hybridized carbons (Fsp3) is 0.158. The highest BCUT2D eigenvalue weighted by Gasteiger charge is 2.08. The molecule has 0 aliphatic carbocycles. The minimum absolute atomic E-state index is 0.229. The average Bonchev–Trinajstić information content (AvgIpc) is 3.21. The molecule has 1 aromatic heterocycles.